The standard InChI is InChI=1S/C32H29ClFN3O5S/c33-25-12-16-27(17-13-25)43(40,41)36(20-24-10-14-26(34)15-11-24)22-31(38)37-21-30(42-29-9-5-4-8-28(29)37)32(39)35-19-18-23-6-2-1-3-7-23/h1-17,30H,18-22H2,(H,35,39)/t30-/m0/s1. The zero-order chi connectivity index (χ0) is 30.4. The van der Waals surface area contributed by atoms with Gasteiger partial charge in [-0.1, -0.05) is 66.2 Å². The fourth-order valence-electron chi connectivity index (χ4n) is 4.71. The number of nitrogens with one attached hydrogen (secondary N) is 1. The van der Waals surface area contributed by atoms with E-state index < -0.39 is 34.4 Å². The third kappa shape index (κ3) is 7.40. The SMILES string of the molecule is O=C(NCCc1ccccc1)[C@@H]1CN(C(=O)CN(Cc2ccc(F)cc2)S(=O)(=O)c2ccc(Cl)cc2)c2ccccc2O1. The van der Waals surface area contributed by atoms with E-state index in [1.165, 1.54) is 53.4 Å². The van der Waals surface area contributed by atoms with E-state index >= 15 is 0 Å². The Balaban J connectivity index is 1.37. The summed E-state index contributed by atoms with van der Waals surface area (Å²) in [5, 5.41) is 3.23. The van der Waals surface area contributed by atoms with Gasteiger partial charge in [0.05, 0.1) is 23.7 Å². The number of halogens is 2. The Kier molecular flexibility index (Phi) is 9.40. The van der Waals surface area contributed by atoms with Crippen molar-refractivity contribution in [3.63, 3.8) is 0 Å². The number of nitrogens with zero attached hydrogens (tertiary/aromatic N) is 2. The van der Waals surface area contributed by atoms with Gasteiger partial charge in [0.25, 0.3) is 5.91 Å². The summed E-state index contributed by atoms with van der Waals surface area (Å²) in [6.07, 6.45) is -0.382. The summed E-state index contributed by atoms with van der Waals surface area (Å²) < 4.78 is 48.0. The van der Waals surface area contributed by atoms with Gasteiger partial charge in [0.2, 0.25) is 15.9 Å². The largest absolute Gasteiger partial charge is 0.477 e. The average molecular weight is 622 g/mol. The molecule has 1 atom stereocenters. The molecule has 0 saturated heterocycles. The maximum Gasteiger partial charge on any atom is 0.262 e. The van der Waals surface area contributed by atoms with Crippen LogP contribution in [0.4, 0.5) is 10.1 Å². The number of rotatable bonds is 10. The molecular weight excluding hydrogens is 593 g/mol. The number of anilines is 1. The number of sulfonamides is 1. The summed E-state index contributed by atoms with van der Waals surface area (Å²) in [4.78, 5) is 28.3. The van der Waals surface area contributed by atoms with Crippen molar-refractivity contribution in [3.8, 4) is 5.75 Å². The van der Waals surface area contributed by atoms with Gasteiger partial charge in [-0.15, -0.1) is 0 Å². The lowest BCUT2D eigenvalue weighted by Crippen LogP contribution is -2.53. The van der Waals surface area contributed by atoms with E-state index in [-0.39, 0.29) is 23.9 Å². The van der Waals surface area contributed by atoms with Gasteiger partial charge in [0.1, 0.15) is 11.6 Å². The quantitative estimate of drug-likeness (QED) is 0.274. The van der Waals surface area contributed by atoms with Crippen molar-refractivity contribution in [3.05, 3.63) is 125 Å². The summed E-state index contributed by atoms with van der Waals surface area (Å²) in [5.41, 5.74) is 1.98. The normalized spacial score (nSPS) is 14.6. The molecule has 4 aromatic rings. The van der Waals surface area contributed by atoms with Crippen LogP contribution in [0.5, 0.6) is 5.75 Å². The Bertz CT molecular complexity index is 1690. The van der Waals surface area contributed by atoms with Crippen LogP contribution in [-0.4, -0.2) is 50.3 Å². The molecule has 0 bridgehead atoms. The Morgan fingerprint density at radius 3 is 2.30 bits per heavy atom. The van der Waals surface area contributed by atoms with E-state index in [0.717, 1.165) is 9.87 Å². The summed E-state index contributed by atoms with van der Waals surface area (Å²) in [7, 11) is -4.18. The third-order valence-electron chi connectivity index (χ3n) is 6.96. The molecule has 11 heteroatoms. The lowest BCUT2D eigenvalue weighted by molar-refractivity contribution is -0.128. The summed E-state index contributed by atoms with van der Waals surface area (Å²) >= 11 is 5.97. The monoisotopic (exact) mass is 621 g/mol. The topological polar surface area (TPSA) is 96.0 Å². The minimum atomic E-state index is -4.18. The molecule has 222 valence electrons. The van der Waals surface area contributed by atoms with E-state index in [4.69, 9.17) is 16.3 Å². The highest BCUT2D eigenvalue weighted by Gasteiger charge is 2.36. The molecule has 1 aliphatic heterocycles. The number of carbonyl (C=O) groups excluding carboxylic acids is 2. The first-order chi connectivity index (χ1) is 20.7. The van der Waals surface area contributed by atoms with E-state index in [1.54, 1.807) is 24.3 Å². The predicted molar refractivity (Wildman–Crippen MR) is 162 cm³/mol. The molecule has 1 heterocycles. The number of fused-ring (bicyclic) bond motifs is 1. The molecule has 1 aliphatic rings. The first-order valence-electron chi connectivity index (χ1n) is 13.6. The molecule has 43 heavy (non-hydrogen) atoms. The first kappa shape index (κ1) is 30.2. The van der Waals surface area contributed by atoms with Crippen LogP contribution in [0.1, 0.15) is 11.1 Å². The van der Waals surface area contributed by atoms with Gasteiger partial charge in [-0.2, -0.15) is 4.31 Å². The lowest BCUT2D eigenvalue weighted by atomic mass is 10.1. The summed E-state index contributed by atoms with van der Waals surface area (Å²) in [6, 6.07) is 27.5. The van der Waals surface area contributed by atoms with E-state index in [1.807, 2.05) is 30.3 Å². The van der Waals surface area contributed by atoms with E-state index in [2.05, 4.69) is 5.32 Å². The molecule has 0 radical (unpaired) electrons. The zero-order valence-electron chi connectivity index (χ0n) is 23.0. The molecule has 2 amide bonds. The van der Waals surface area contributed by atoms with Crippen LogP contribution < -0.4 is 15.0 Å². The van der Waals surface area contributed by atoms with Crippen LogP contribution in [-0.2, 0) is 32.6 Å². The third-order valence-corrected chi connectivity index (χ3v) is 9.02. The fraction of sp³-hybridized carbons (Fsp3) is 0.188. The number of para-hydroxylation sites is 2. The molecule has 5 rings (SSSR count). The fourth-order valence-corrected chi connectivity index (χ4v) is 6.21. The molecule has 0 saturated carbocycles. The molecule has 0 fully saturated rings. The number of benzene rings is 4. The van der Waals surface area contributed by atoms with Crippen molar-refractivity contribution in [2.75, 3.05) is 24.5 Å². The highest BCUT2D eigenvalue weighted by atomic mass is 35.5. The maximum absolute atomic E-state index is 13.9. The average Bonchev–Trinajstić information content (AvgIpc) is 3.01. The Labute approximate surface area is 254 Å². The van der Waals surface area contributed by atoms with E-state index in [9.17, 15) is 22.4 Å². The van der Waals surface area contributed by atoms with Crippen LogP contribution >= 0.6 is 11.6 Å². The Morgan fingerprint density at radius 2 is 1.58 bits per heavy atom. The van der Waals surface area contributed by atoms with Crippen LogP contribution in [0.15, 0.2) is 108 Å². The smallest absolute Gasteiger partial charge is 0.262 e. The van der Waals surface area contributed by atoms with Crippen molar-refractivity contribution in [1.82, 2.24) is 9.62 Å². The van der Waals surface area contributed by atoms with Gasteiger partial charge >= 0.3 is 0 Å². The van der Waals surface area contributed by atoms with Crippen LogP contribution in [0.3, 0.4) is 0 Å². The number of hydrogen-bond donors (Lipinski definition) is 1. The minimum Gasteiger partial charge on any atom is -0.477 e. The number of hydrogen-bond acceptors (Lipinski definition) is 5. The highest BCUT2D eigenvalue weighted by Crippen LogP contribution is 2.34. The number of ether oxygens (including phenoxy) is 1. The number of amides is 2. The molecule has 0 aliphatic carbocycles. The second kappa shape index (κ2) is 13.4. The van der Waals surface area contributed by atoms with Gasteiger partial charge < -0.3 is 15.0 Å². The molecule has 0 aromatic heterocycles. The lowest BCUT2D eigenvalue weighted by Gasteiger charge is -2.35. The molecule has 0 spiro atoms. The second-order valence-electron chi connectivity index (χ2n) is 9.96. The van der Waals surface area contributed by atoms with Crippen LogP contribution in [0, 0.1) is 5.82 Å². The Morgan fingerprint density at radius 1 is 0.907 bits per heavy atom. The molecular formula is C32H29ClFN3O5S. The molecule has 8 nitrogen and oxygen atoms in total. The van der Waals surface area contributed by atoms with Crippen molar-refractivity contribution < 1.29 is 27.1 Å². The zero-order valence-corrected chi connectivity index (χ0v) is 24.6. The maximum atomic E-state index is 13.9. The molecule has 4 aromatic carbocycles. The minimum absolute atomic E-state index is 0.0511. The highest BCUT2D eigenvalue weighted by molar-refractivity contribution is 7.89. The van der Waals surface area contributed by atoms with Gasteiger partial charge in [-0.05, 0) is 66.1 Å². The first-order valence-corrected chi connectivity index (χ1v) is 15.4. The van der Waals surface area contributed by atoms with Gasteiger partial charge in [-0.3, -0.25) is 9.59 Å². The predicted octanol–water partition coefficient (Wildman–Crippen LogP) is 4.82. The summed E-state index contributed by atoms with van der Waals surface area (Å²) in [6.45, 7) is -0.465. The summed E-state index contributed by atoms with van der Waals surface area (Å²) in [5.74, 6) is -1.08. The van der Waals surface area contributed by atoms with Gasteiger partial charge in [-0.25, -0.2) is 12.8 Å². The molecule has 0 unspecified atom stereocenters. The second-order valence-corrected chi connectivity index (χ2v) is 12.3. The molecule has 1 N–H and O–H groups in total. The van der Waals surface area contributed by atoms with Gasteiger partial charge in [0.15, 0.2) is 6.10 Å². The van der Waals surface area contributed by atoms with Crippen molar-refractivity contribution in [2.45, 2.75) is 24.0 Å². The number of carbonyl (C=O) groups is 2. The van der Waals surface area contributed by atoms with Crippen molar-refractivity contribution in [2.24, 2.45) is 0 Å². The van der Waals surface area contributed by atoms with Crippen molar-refractivity contribution in [1.29, 1.82) is 0 Å². The van der Waals surface area contributed by atoms with Crippen molar-refractivity contribution >= 4 is 39.1 Å². The van der Waals surface area contributed by atoms with E-state index in [0.29, 0.717) is 35.0 Å². The Hall–Kier alpha value is -4.25. The van der Waals surface area contributed by atoms with Crippen LogP contribution in [0.2, 0.25) is 5.02 Å². The van der Waals surface area contributed by atoms with Gasteiger partial charge in [0, 0.05) is 18.1 Å². The van der Waals surface area contributed by atoms with Crippen LogP contribution in [0.25, 0.3) is 0 Å².